The van der Waals surface area contributed by atoms with Crippen LogP contribution in [0.2, 0.25) is 0 Å². The van der Waals surface area contributed by atoms with Crippen molar-refractivity contribution in [2.45, 2.75) is 0 Å². The molecule has 6 heteroatoms. The van der Waals surface area contributed by atoms with Crippen molar-refractivity contribution >= 4 is 54.6 Å². The van der Waals surface area contributed by atoms with Gasteiger partial charge in [0.15, 0.2) is 5.82 Å². The number of fused-ring (bicyclic) bond motifs is 8. The third kappa shape index (κ3) is 3.26. The summed E-state index contributed by atoms with van der Waals surface area (Å²) < 4.78 is 4.53. The van der Waals surface area contributed by atoms with Crippen LogP contribution in [0.5, 0.6) is 0 Å². The minimum atomic E-state index is 0.591. The highest BCUT2D eigenvalue weighted by Crippen LogP contribution is 2.41. The molecule has 9 rings (SSSR count). The van der Waals surface area contributed by atoms with Crippen molar-refractivity contribution in [3.63, 3.8) is 0 Å². The van der Waals surface area contributed by atoms with Crippen molar-refractivity contribution in [1.82, 2.24) is 29.1 Å². The molecule has 5 aromatic carbocycles. The van der Waals surface area contributed by atoms with Gasteiger partial charge >= 0.3 is 0 Å². The van der Waals surface area contributed by atoms with Crippen molar-refractivity contribution in [3.05, 3.63) is 134 Å². The molecule has 0 aliphatic heterocycles. The van der Waals surface area contributed by atoms with Crippen molar-refractivity contribution in [1.29, 1.82) is 0 Å². The summed E-state index contributed by atoms with van der Waals surface area (Å²) >= 11 is 0. The van der Waals surface area contributed by atoms with Crippen molar-refractivity contribution < 1.29 is 0 Å². The molecule has 0 amide bonds. The van der Waals surface area contributed by atoms with Crippen LogP contribution in [0.25, 0.3) is 77.7 Å². The molecule has 0 aliphatic carbocycles. The zero-order chi connectivity index (χ0) is 27.6. The van der Waals surface area contributed by atoms with Gasteiger partial charge in [-0.3, -0.25) is 4.57 Å². The summed E-state index contributed by atoms with van der Waals surface area (Å²) in [5, 5.41) is 4.67. The number of aromatic nitrogens is 6. The first-order valence-corrected chi connectivity index (χ1v) is 13.9. The average molecular weight is 539 g/mol. The van der Waals surface area contributed by atoms with Crippen molar-refractivity contribution in [3.8, 4) is 23.0 Å². The minimum absolute atomic E-state index is 0.591. The molecule has 9 aromatic rings. The first-order chi connectivity index (χ1) is 20.8. The molecule has 0 spiro atoms. The highest BCUT2D eigenvalue weighted by molar-refractivity contribution is 6.26. The first-order valence-electron chi connectivity index (χ1n) is 13.9. The van der Waals surface area contributed by atoms with Gasteiger partial charge in [-0.25, -0.2) is 19.9 Å². The van der Waals surface area contributed by atoms with Gasteiger partial charge in [0.1, 0.15) is 11.0 Å². The number of benzene rings is 5. The fourth-order valence-corrected chi connectivity index (χ4v) is 6.23. The molecular formula is C36H22N6. The highest BCUT2D eigenvalue weighted by atomic mass is 15.2. The van der Waals surface area contributed by atoms with Gasteiger partial charge in [0, 0.05) is 32.8 Å². The molecule has 0 radical (unpaired) electrons. The van der Waals surface area contributed by atoms with E-state index in [4.69, 9.17) is 15.0 Å². The van der Waals surface area contributed by atoms with Crippen molar-refractivity contribution in [2.24, 2.45) is 0 Å². The maximum absolute atomic E-state index is 5.02. The largest absolute Gasteiger partial charge is 0.309 e. The molecule has 4 heterocycles. The number of rotatable bonds is 3. The van der Waals surface area contributed by atoms with Crippen LogP contribution in [0.4, 0.5) is 0 Å². The third-order valence-electron chi connectivity index (χ3n) is 8.04. The number of hydrogen-bond acceptors (Lipinski definition) is 4. The van der Waals surface area contributed by atoms with Crippen LogP contribution < -0.4 is 0 Å². The summed E-state index contributed by atoms with van der Waals surface area (Å²) in [6.45, 7) is 0. The monoisotopic (exact) mass is 538 g/mol. The Morgan fingerprint density at radius 3 is 1.90 bits per heavy atom. The van der Waals surface area contributed by atoms with Crippen LogP contribution in [0.15, 0.2) is 134 Å². The Hall–Kier alpha value is -5.88. The second-order valence-electron chi connectivity index (χ2n) is 10.4. The van der Waals surface area contributed by atoms with E-state index in [2.05, 4.69) is 105 Å². The van der Waals surface area contributed by atoms with E-state index in [0.717, 1.165) is 44.1 Å². The molecule has 0 unspecified atom stereocenters. The Balaban J connectivity index is 1.37. The van der Waals surface area contributed by atoms with E-state index in [-0.39, 0.29) is 0 Å². The highest BCUT2D eigenvalue weighted by Gasteiger charge is 2.21. The lowest BCUT2D eigenvalue weighted by Gasteiger charge is -2.09. The van der Waals surface area contributed by atoms with E-state index in [1.165, 1.54) is 10.8 Å². The lowest BCUT2D eigenvalue weighted by atomic mass is 10.1. The Labute approximate surface area is 240 Å². The minimum Gasteiger partial charge on any atom is -0.309 e. The van der Waals surface area contributed by atoms with Crippen LogP contribution >= 0.6 is 0 Å². The predicted octanol–water partition coefficient (Wildman–Crippen LogP) is 8.28. The van der Waals surface area contributed by atoms with Crippen LogP contribution in [-0.4, -0.2) is 29.1 Å². The summed E-state index contributed by atoms with van der Waals surface area (Å²) in [5.41, 5.74) is 7.92. The molecule has 0 atom stereocenters. The van der Waals surface area contributed by atoms with Gasteiger partial charge in [0.2, 0.25) is 5.95 Å². The normalized spacial score (nSPS) is 11.8. The summed E-state index contributed by atoms with van der Waals surface area (Å²) in [5.74, 6) is 1.25. The second kappa shape index (κ2) is 8.81. The zero-order valence-corrected chi connectivity index (χ0v) is 22.4. The number of nitrogens with zero attached hydrogens (tertiary/aromatic N) is 6. The van der Waals surface area contributed by atoms with Gasteiger partial charge in [0.05, 0.1) is 34.5 Å². The third-order valence-corrected chi connectivity index (χ3v) is 8.04. The summed E-state index contributed by atoms with van der Waals surface area (Å²) in [4.78, 5) is 19.3. The maximum Gasteiger partial charge on any atom is 0.235 e. The number of hydrogen-bond donors (Lipinski definition) is 0. The van der Waals surface area contributed by atoms with Gasteiger partial charge < -0.3 is 4.57 Å². The predicted molar refractivity (Wildman–Crippen MR) is 169 cm³/mol. The quantitative estimate of drug-likeness (QED) is 0.227. The summed E-state index contributed by atoms with van der Waals surface area (Å²) in [6, 6.07) is 42.0. The Kier molecular flexibility index (Phi) is 4.80. The topological polar surface area (TPSA) is 61.4 Å². The molecular weight excluding hydrogens is 516 g/mol. The summed E-state index contributed by atoms with van der Waals surface area (Å²) in [6.07, 6.45) is 3.60. The zero-order valence-electron chi connectivity index (χ0n) is 22.4. The van der Waals surface area contributed by atoms with Gasteiger partial charge in [-0.2, -0.15) is 0 Å². The first kappa shape index (κ1) is 22.9. The van der Waals surface area contributed by atoms with Crippen LogP contribution in [0.1, 0.15) is 0 Å². The maximum atomic E-state index is 5.02. The molecule has 0 saturated heterocycles. The van der Waals surface area contributed by atoms with Gasteiger partial charge in [-0.1, -0.05) is 91.0 Å². The molecule has 0 saturated carbocycles. The van der Waals surface area contributed by atoms with Crippen LogP contribution in [0.3, 0.4) is 0 Å². The average Bonchev–Trinajstić information content (AvgIpc) is 3.58. The van der Waals surface area contributed by atoms with Gasteiger partial charge in [0.25, 0.3) is 0 Å². The molecule has 0 bridgehead atoms. The molecule has 196 valence electrons. The molecule has 42 heavy (non-hydrogen) atoms. The Morgan fingerprint density at radius 1 is 0.452 bits per heavy atom. The van der Waals surface area contributed by atoms with Crippen LogP contribution in [0, 0.1) is 0 Å². The fraction of sp³-hybridized carbons (Fsp3) is 0. The standard InChI is InChI=1S/C36H22N6/c1-3-11-23(12-4-1)35-37-21-29-28(39-35)22-38-36(40-29)42-30-17-9-7-15-25(30)26-19-20-32-33(34(26)42)27-16-8-10-18-31(27)41(32)24-13-5-2-6-14-24/h1-22H. The Bertz CT molecular complexity index is 2460. The lowest BCUT2D eigenvalue weighted by Crippen LogP contribution is -2.02. The second-order valence-corrected chi connectivity index (χ2v) is 10.4. The molecule has 4 aromatic heterocycles. The fourth-order valence-electron chi connectivity index (χ4n) is 6.23. The van der Waals surface area contributed by atoms with E-state index in [1.54, 1.807) is 12.4 Å². The van der Waals surface area contributed by atoms with E-state index >= 15 is 0 Å². The van der Waals surface area contributed by atoms with E-state index in [1.807, 2.05) is 30.3 Å². The molecule has 0 aliphatic rings. The molecule has 0 fully saturated rings. The molecule has 0 N–H and O–H groups in total. The SMILES string of the molecule is c1ccc(-c2ncc3nc(-n4c5ccccc5c5ccc6c(c7ccccc7n6-c6ccccc6)c54)ncc3n2)cc1. The van der Waals surface area contributed by atoms with Crippen molar-refractivity contribution in [2.75, 3.05) is 0 Å². The van der Waals surface area contributed by atoms with E-state index in [9.17, 15) is 0 Å². The lowest BCUT2D eigenvalue weighted by molar-refractivity contribution is 1.00. The Morgan fingerprint density at radius 2 is 1.10 bits per heavy atom. The molecule has 6 nitrogen and oxygen atoms in total. The summed E-state index contributed by atoms with van der Waals surface area (Å²) in [7, 11) is 0. The van der Waals surface area contributed by atoms with E-state index < -0.39 is 0 Å². The van der Waals surface area contributed by atoms with E-state index in [0.29, 0.717) is 22.8 Å². The van der Waals surface area contributed by atoms with Gasteiger partial charge in [-0.15, -0.1) is 0 Å². The van der Waals surface area contributed by atoms with Crippen LogP contribution in [-0.2, 0) is 0 Å². The van der Waals surface area contributed by atoms with Gasteiger partial charge in [-0.05, 0) is 30.3 Å². The number of para-hydroxylation sites is 3. The smallest absolute Gasteiger partial charge is 0.235 e.